The van der Waals surface area contributed by atoms with E-state index in [1.54, 1.807) is 0 Å². The Balaban J connectivity index is 1.71. The maximum Gasteiger partial charge on any atom is 0.387 e. The Bertz CT molecular complexity index is 1610. The summed E-state index contributed by atoms with van der Waals surface area (Å²) >= 11 is 0. The van der Waals surface area contributed by atoms with Crippen LogP contribution in [0, 0.1) is 18.8 Å². The molecule has 1 heterocycles. The molecule has 0 aliphatic rings. The van der Waals surface area contributed by atoms with E-state index in [0.717, 1.165) is 65.7 Å². The van der Waals surface area contributed by atoms with Crippen molar-refractivity contribution in [1.29, 1.82) is 0 Å². The highest BCUT2D eigenvalue weighted by Crippen LogP contribution is 2.39. The van der Waals surface area contributed by atoms with E-state index in [0.29, 0.717) is 18.3 Å². The van der Waals surface area contributed by atoms with Crippen LogP contribution in [0.25, 0.3) is 21.9 Å². The summed E-state index contributed by atoms with van der Waals surface area (Å²) in [6.07, 6.45) is 9.52. The van der Waals surface area contributed by atoms with E-state index in [2.05, 4.69) is 97.9 Å². The van der Waals surface area contributed by atoms with Crippen molar-refractivity contribution >= 4 is 30.2 Å². The molecule has 0 aliphatic heterocycles. The maximum absolute atomic E-state index is 10.6. The van der Waals surface area contributed by atoms with Crippen LogP contribution >= 0.6 is 8.24 Å². The van der Waals surface area contributed by atoms with Crippen molar-refractivity contribution in [1.82, 2.24) is 0 Å². The largest absolute Gasteiger partial charge is 0.507 e. The van der Waals surface area contributed by atoms with Gasteiger partial charge in [-0.1, -0.05) is 105 Å². The van der Waals surface area contributed by atoms with E-state index in [1.165, 1.54) is 53.3 Å². The fourth-order valence-corrected chi connectivity index (χ4v) is 7.75. The molecule has 4 nitrogen and oxygen atoms in total. The van der Waals surface area contributed by atoms with Gasteiger partial charge in [0.05, 0.1) is 6.61 Å². The molecular formula is C40H57O4P. The molecule has 0 fully saturated rings. The van der Waals surface area contributed by atoms with E-state index in [9.17, 15) is 5.11 Å². The number of aryl methyl sites for hydroxylation is 4. The summed E-state index contributed by atoms with van der Waals surface area (Å²) in [6.45, 7) is 20.3. The lowest BCUT2D eigenvalue weighted by Gasteiger charge is -2.22. The fraction of sp³-hybridized carbons (Fsp3) is 0.550. The molecule has 3 aromatic carbocycles. The first-order valence-corrected chi connectivity index (χ1v) is 18.5. The molecule has 0 radical (unpaired) electrons. The quantitative estimate of drug-likeness (QED) is 0.141. The van der Waals surface area contributed by atoms with Crippen molar-refractivity contribution in [2.45, 2.75) is 126 Å². The number of hydrogen-bond acceptors (Lipinski definition) is 4. The summed E-state index contributed by atoms with van der Waals surface area (Å²) in [5.41, 5.74) is 8.68. The van der Waals surface area contributed by atoms with Gasteiger partial charge < -0.3 is 13.5 Å². The zero-order valence-corrected chi connectivity index (χ0v) is 30.3. The standard InChI is InChI=1S/C40H57O4P/c1-10-28(11-2)22-29(12-3)24-33-18-15-19-36-37(33)34-25-30(13-4)23-32(14-5)39(34)44-45(43-36)42-20-16-17-31-21-27(6)38(41)35(26-31)40(7,8)9/h15,18-19,21,23,25-26,28-29,41H,10-14,16-17,20,22,24H2,1-9H3. The lowest BCUT2D eigenvalue weighted by molar-refractivity contribution is 0.344. The van der Waals surface area contributed by atoms with Crippen molar-refractivity contribution in [3.05, 3.63) is 75.8 Å². The molecule has 1 aromatic heterocycles. The maximum atomic E-state index is 10.6. The number of hydrogen-bond donors (Lipinski definition) is 1. The molecular weight excluding hydrogens is 575 g/mol. The van der Waals surface area contributed by atoms with Gasteiger partial charge in [-0.15, -0.1) is 0 Å². The molecule has 0 saturated heterocycles. The minimum atomic E-state index is -1.62. The van der Waals surface area contributed by atoms with Gasteiger partial charge in [0.25, 0.3) is 0 Å². The molecule has 5 heteroatoms. The number of phenolic OH excluding ortho intramolecular Hbond substituents is 1. The van der Waals surface area contributed by atoms with Crippen LogP contribution in [0.1, 0.15) is 121 Å². The second kappa shape index (κ2) is 15.7. The third-order valence-electron chi connectivity index (χ3n) is 9.62. The number of phenols is 1. The first-order chi connectivity index (χ1) is 21.5. The van der Waals surface area contributed by atoms with Crippen LogP contribution in [0.2, 0.25) is 0 Å². The van der Waals surface area contributed by atoms with Crippen molar-refractivity contribution in [3.63, 3.8) is 0 Å². The minimum absolute atomic E-state index is 0.119. The molecule has 4 rings (SSSR count). The highest BCUT2D eigenvalue weighted by molar-refractivity contribution is 7.31. The third-order valence-corrected chi connectivity index (χ3v) is 10.7. The monoisotopic (exact) mass is 632 g/mol. The molecule has 0 aliphatic carbocycles. The van der Waals surface area contributed by atoms with Gasteiger partial charge in [-0.25, -0.2) is 0 Å². The zero-order chi connectivity index (χ0) is 32.7. The highest BCUT2D eigenvalue weighted by atomic mass is 31.1. The lowest BCUT2D eigenvalue weighted by atomic mass is 9.83. The summed E-state index contributed by atoms with van der Waals surface area (Å²) < 4.78 is 19.7. The zero-order valence-electron chi connectivity index (χ0n) is 29.4. The molecule has 2 atom stereocenters. The minimum Gasteiger partial charge on any atom is -0.507 e. The van der Waals surface area contributed by atoms with Gasteiger partial charge in [0.15, 0.2) is 0 Å². The summed E-state index contributed by atoms with van der Waals surface area (Å²) in [4.78, 5) is 0. The molecule has 246 valence electrons. The van der Waals surface area contributed by atoms with Crippen LogP contribution in [0.5, 0.6) is 5.75 Å². The van der Waals surface area contributed by atoms with E-state index in [4.69, 9.17) is 12.9 Å². The molecule has 0 amide bonds. The highest BCUT2D eigenvalue weighted by Gasteiger charge is 2.21. The number of rotatable bonds is 14. The average molecular weight is 633 g/mol. The van der Waals surface area contributed by atoms with Gasteiger partial charge in [0.1, 0.15) is 16.9 Å². The third kappa shape index (κ3) is 8.57. The number of aromatic hydroxyl groups is 1. The molecule has 1 N–H and O–H groups in total. The van der Waals surface area contributed by atoms with E-state index in [1.807, 2.05) is 6.92 Å². The van der Waals surface area contributed by atoms with Gasteiger partial charge in [-0.3, -0.25) is 4.52 Å². The van der Waals surface area contributed by atoms with Crippen molar-refractivity contribution in [2.75, 3.05) is 6.61 Å². The van der Waals surface area contributed by atoms with Crippen LogP contribution in [-0.4, -0.2) is 11.7 Å². The van der Waals surface area contributed by atoms with Crippen LogP contribution in [-0.2, 0) is 31.1 Å². The van der Waals surface area contributed by atoms with Gasteiger partial charge >= 0.3 is 8.24 Å². The first kappa shape index (κ1) is 35.2. The molecule has 0 bridgehead atoms. The van der Waals surface area contributed by atoms with Crippen LogP contribution in [0.15, 0.2) is 50.9 Å². The second-order valence-corrected chi connectivity index (χ2v) is 15.0. The van der Waals surface area contributed by atoms with Crippen LogP contribution < -0.4 is 4.52 Å². The van der Waals surface area contributed by atoms with E-state index in [-0.39, 0.29) is 5.41 Å². The average Bonchev–Trinajstić information content (AvgIpc) is 3.18. The molecule has 0 spiro atoms. The Morgan fingerprint density at radius 2 is 1.58 bits per heavy atom. The fourth-order valence-electron chi connectivity index (χ4n) is 6.65. The summed E-state index contributed by atoms with van der Waals surface area (Å²) in [5, 5.41) is 13.0. The molecule has 2 unspecified atom stereocenters. The Morgan fingerprint density at radius 3 is 2.22 bits per heavy atom. The summed E-state index contributed by atoms with van der Waals surface area (Å²) in [5.74, 6) is 1.81. The summed E-state index contributed by atoms with van der Waals surface area (Å²) in [7, 11) is -1.62. The smallest absolute Gasteiger partial charge is 0.387 e. The number of benzene rings is 3. The Morgan fingerprint density at radius 1 is 0.844 bits per heavy atom. The van der Waals surface area contributed by atoms with Crippen molar-refractivity contribution < 1.29 is 18.0 Å². The van der Waals surface area contributed by atoms with E-state index < -0.39 is 8.24 Å². The summed E-state index contributed by atoms with van der Waals surface area (Å²) in [6, 6.07) is 15.4. The normalized spacial score (nSPS) is 13.2. The molecule has 0 saturated carbocycles. The molecule has 4 aromatic rings. The van der Waals surface area contributed by atoms with Crippen molar-refractivity contribution in [2.24, 2.45) is 11.8 Å². The second-order valence-electron chi connectivity index (χ2n) is 13.9. The topological polar surface area (TPSA) is 55.7 Å². The Hall–Kier alpha value is -2.68. The van der Waals surface area contributed by atoms with E-state index >= 15 is 0 Å². The SMILES string of the molecule is CCc1cc(CC)c2op(OCCCc3cc(C)c(O)c(C(C)(C)C)c3)oc3cccc(CC(CC)CC(CC)CC)c3c2c1. The predicted octanol–water partition coefficient (Wildman–Crippen LogP) is 12.2. The predicted molar refractivity (Wildman–Crippen MR) is 193 cm³/mol. The van der Waals surface area contributed by atoms with Gasteiger partial charge in [0.2, 0.25) is 0 Å². The molecule has 45 heavy (non-hydrogen) atoms. The van der Waals surface area contributed by atoms with Crippen LogP contribution in [0.4, 0.5) is 0 Å². The van der Waals surface area contributed by atoms with Gasteiger partial charge in [-0.05, 0) is 108 Å². The van der Waals surface area contributed by atoms with Crippen molar-refractivity contribution in [3.8, 4) is 5.75 Å². The number of fused-ring (bicyclic) bond motifs is 3. The lowest BCUT2D eigenvalue weighted by Crippen LogP contribution is -2.12. The van der Waals surface area contributed by atoms with Gasteiger partial charge in [-0.2, -0.15) is 0 Å². The Kier molecular flexibility index (Phi) is 12.3. The van der Waals surface area contributed by atoms with Crippen LogP contribution in [0.3, 0.4) is 0 Å². The first-order valence-electron chi connectivity index (χ1n) is 17.4. The Labute approximate surface area is 273 Å². The van der Waals surface area contributed by atoms with Gasteiger partial charge in [0, 0.05) is 10.8 Å².